The fourth-order valence-corrected chi connectivity index (χ4v) is 1.47. The highest BCUT2D eigenvalue weighted by molar-refractivity contribution is 9.10. The zero-order valence-corrected chi connectivity index (χ0v) is 8.59. The smallest absolute Gasteiger partial charge is 0.205 e. The lowest BCUT2D eigenvalue weighted by molar-refractivity contribution is 0.150. The largest absolute Gasteiger partial charge is 0.264 e. The van der Waals surface area contributed by atoms with Crippen LogP contribution in [0.3, 0.4) is 0 Å². The molecule has 0 spiro atoms. The highest BCUT2D eigenvalue weighted by Gasteiger charge is 2.13. The molecule has 0 bridgehead atoms. The highest BCUT2D eigenvalue weighted by atomic mass is 79.9. The molecule has 0 amide bonds. The van der Waals surface area contributed by atoms with Crippen LogP contribution in [-0.2, 0) is 0 Å². The van der Waals surface area contributed by atoms with Crippen LogP contribution in [0.2, 0.25) is 5.02 Å². The van der Waals surface area contributed by atoms with Crippen molar-refractivity contribution in [3.63, 3.8) is 0 Å². The van der Waals surface area contributed by atoms with E-state index < -0.39 is 6.43 Å². The molecule has 4 heteroatoms. The van der Waals surface area contributed by atoms with Gasteiger partial charge in [-0.05, 0) is 34.5 Å². The van der Waals surface area contributed by atoms with Crippen LogP contribution in [0.5, 0.6) is 0 Å². The topological polar surface area (TPSA) is 0 Å². The van der Waals surface area contributed by atoms with Gasteiger partial charge in [-0.15, -0.1) is 0 Å². The minimum Gasteiger partial charge on any atom is -0.205 e. The first-order valence-corrected chi connectivity index (χ1v) is 4.43. The molecule has 0 aliphatic carbocycles. The molecule has 0 unspecified atom stereocenters. The molecular weight excluding hydrogens is 249 g/mol. The van der Waals surface area contributed by atoms with E-state index in [2.05, 4.69) is 15.9 Å². The van der Waals surface area contributed by atoms with E-state index in [4.69, 9.17) is 11.6 Å². The minimum atomic E-state index is -2.45. The predicted octanol–water partition coefficient (Wildman–Crippen LogP) is 4.35. The maximum atomic E-state index is 12.3. The number of rotatable bonds is 1. The van der Waals surface area contributed by atoms with Crippen molar-refractivity contribution in [3.8, 4) is 0 Å². The SMILES string of the molecule is Cc1c(C(F)F)ccc(Cl)c1Br. The van der Waals surface area contributed by atoms with Crippen molar-refractivity contribution in [2.45, 2.75) is 13.3 Å². The number of benzene rings is 1. The molecule has 0 heterocycles. The Labute approximate surface area is 82.7 Å². The molecule has 12 heavy (non-hydrogen) atoms. The maximum absolute atomic E-state index is 12.3. The van der Waals surface area contributed by atoms with Crippen LogP contribution in [0, 0.1) is 6.92 Å². The Kier molecular flexibility index (Phi) is 3.07. The van der Waals surface area contributed by atoms with E-state index in [1.807, 2.05) is 0 Å². The van der Waals surface area contributed by atoms with Gasteiger partial charge in [0.15, 0.2) is 0 Å². The Balaban J connectivity index is 3.27. The minimum absolute atomic E-state index is 0.0197. The van der Waals surface area contributed by atoms with E-state index >= 15 is 0 Å². The van der Waals surface area contributed by atoms with E-state index in [1.54, 1.807) is 6.92 Å². The van der Waals surface area contributed by atoms with Gasteiger partial charge in [-0.25, -0.2) is 8.78 Å². The third kappa shape index (κ3) is 1.77. The lowest BCUT2D eigenvalue weighted by Crippen LogP contribution is -1.90. The van der Waals surface area contributed by atoms with Crippen LogP contribution >= 0.6 is 27.5 Å². The van der Waals surface area contributed by atoms with Gasteiger partial charge in [0.1, 0.15) is 0 Å². The van der Waals surface area contributed by atoms with E-state index in [1.165, 1.54) is 12.1 Å². The standard InChI is InChI=1S/C8H6BrClF2/c1-4-5(8(11)12)2-3-6(10)7(4)9/h2-3,8H,1H3. The molecule has 0 atom stereocenters. The molecule has 0 aliphatic heterocycles. The molecule has 0 nitrogen and oxygen atoms in total. The second-order valence-corrected chi connectivity index (χ2v) is 3.58. The number of halogens is 4. The van der Waals surface area contributed by atoms with Crippen LogP contribution in [0.1, 0.15) is 17.6 Å². The van der Waals surface area contributed by atoms with E-state index in [9.17, 15) is 8.78 Å². The maximum Gasteiger partial charge on any atom is 0.264 e. The summed E-state index contributed by atoms with van der Waals surface area (Å²) in [6.45, 7) is 1.61. The highest BCUT2D eigenvalue weighted by Crippen LogP contribution is 2.32. The predicted molar refractivity (Wildman–Crippen MR) is 48.8 cm³/mol. The summed E-state index contributed by atoms with van der Waals surface area (Å²) in [5.74, 6) is 0. The fraction of sp³-hybridized carbons (Fsp3) is 0.250. The second-order valence-electron chi connectivity index (χ2n) is 2.38. The zero-order chi connectivity index (χ0) is 9.30. The monoisotopic (exact) mass is 254 g/mol. The van der Waals surface area contributed by atoms with Gasteiger partial charge in [0, 0.05) is 10.0 Å². The van der Waals surface area contributed by atoms with Gasteiger partial charge in [0.25, 0.3) is 6.43 Å². The van der Waals surface area contributed by atoms with Gasteiger partial charge in [-0.3, -0.25) is 0 Å². The molecule has 0 saturated carbocycles. The summed E-state index contributed by atoms with van der Waals surface area (Å²) >= 11 is 8.83. The Bertz CT molecular complexity index is 299. The molecular formula is C8H6BrClF2. The summed E-state index contributed by atoms with van der Waals surface area (Å²) in [5.41, 5.74) is 0.517. The number of hydrogen-bond acceptors (Lipinski definition) is 0. The zero-order valence-electron chi connectivity index (χ0n) is 6.24. The first-order valence-electron chi connectivity index (χ1n) is 3.26. The molecule has 0 saturated heterocycles. The Morgan fingerprint density at radius 2 is 2.00 bits per heavy atom. The average Bonchev–Trinajstić information content (AvgIpc) is 2.00. The van der Waals surface area contributed by atoms with Gasteiger partial charge in [-0.1, -0.05) is 17.7 Å². The lowest BCUT2D eigenvalue weighted by atomic mass is 10.1. The summed E-state index contributed by atoms with van der Waals surface area (Å²) in [5, 5.41) is 0.455. The number of alkyl halides is 2. The first kappa shape index (κ1) is 9.93. The van der Waals surface area contributed by atoms with Crippen molar-refractivity contribution in [3.05, 3.63) is 32.8 Å². The van der Waals surface area contributed by atoms with Crippen molar-refractivity contribution < 1.29 is 8.78 Å². The summed E-state index contributed by atoms with van der Waals surface area (Å²) < 4.78 is 25.1. The van der Waals surface area contributed by atoms with Gasteiger partial charge >= 0.3 is 0 Å². The summed E-state index contributed by atoms with van der Waals surface area (Å²) in [7, 11) is 0. The number of hydrogen-bond donors (Lipinski definition) is 0. The third-order valence-electron chi connectivity index (χ3n) is 1.62. The van der Waals surface area contributed by atoms with Crippen LogP contribution in [0.4, 0.5) is 8.78 Å². The van der Waals surface area contributed by atoms with E-state index in [-0.39, 0.29) is 5.56 Å². The van der Waals surface area contributed by atoms with E-state index in [0.717, 1.165) is 0 Å². The second kappa shape index (κ2) is 3.71. The van der Waals surface area contributed by atoms with Gasteiger partial charge < -0.3 is 0 Å². The van der Waals surface area contributed by atoms with Crippen molar-refractivity contribution in [2.24, 2.45) is 0 Å². The molecule has 66 valence electrons. The molecule has 0 fully saturated rings. The van der Waals surface area contributed by atoms with Crippen molar-refractivity contribution in [1.82, 2.24) is 0 Å². The molecule has 1 rings (SSSR count). The van der Waals surface area contributed by atoms with E-state index in [0.29, 0.717) is 15.1 Å². The normalized spacial score (nSPS) is 10.8. The van der Waals surface area contributed by atoms with Crippen molar-refractivity contribution >= 4 is 27.5 Å². The molecule has 0 aliphatic rings. The van der Waals surface area contributed by atoms with Crippen LogP contribution < -0.4 is 0 Å². The Morgan fingerprint density at radius 1 is 1.42 bits per heavy atom. The molecule has 1 aromatic carbocycles. The summed E-state index contributed by atoms with van der Waals surface area (Å²) in [6, 6.07) is 2.80. The Morgan fingerprint density at radius 3 is 2.50 bits per heavy atom. The Hall–Kier alpha value is -0.150. The van der Waals surface area contributed by atoms with Gasteiger partial charge in [0.05, 0.1) is 5.02 Å². The van der Waals surface area contributed by atoms with Crippen LogP contribution in [-0.4, -0.2) is 0 Å². The van der Waals surface area contributed by atoms with Crippen LogP contribution in [0.15, 0.2) is 16.6 Å². The first-order chi connectivity index (χ1) is 5.54. The summed E-state index contributed by atoms with van der Waals surface area (Å²) in [4.78, 5) is 0. The molecule has 1 aromatic rings. The third-order valence-corrected chi connectivity index (χ3v) is 3.18. The molecule has 0 aromatic heterocycles. The van der Waals surface area contributed by atoms with Gasteiger partial charge in [0.2, 0.25) is 0 Å². The molecule has 0 N–H and O–H groups in total. The average molecular weight is 255 g/mol. The van der Waals surface area contributed by atoms with Crippen molar-refractivity contribution in [1.29, 1.82) is 0 Å². The van der Waals surface area contributed by atoms with Gasteiger partial charge in [-0.2, -0.15) is 0 Å². The van der Waals surface area contributed by atoms with Crippen LogP contribution in [0.25, 0.3) is 0 Å². The fourth-order valence-electron chi connectivity index (χ4n) is 0.903. The van der Waals surface area contributed by atoms with Crippen molar-refractivity contribution in [2.75, 3.05) is 0 Å². The molecule has 0 radical (unpaired) electrons. The lowest BCUT2D eigenvalue weighted by Gasteiger charge is -2.07. The quantitative estimate of drug-likeness (QED) is 0.700. The summed E-state index contributed by atoms with van der Waals surface area (Å²) in [6.07, 6.45) is -2.45.